The van der Waals surface area contributed by atoms with E-state index in [9.17, 15) is 8.42 Å². The summed E-state index contributed by atoms with van der Waals surface area (Å²) in [4.78, 5) is 0. The summed E-state index contributed by atoms with van der Waals surface area (Å²) in [6.45, 7) is 0. The molecule has 18 heavy (non-hydrogen) atoms. The van der Waals surface area contributed by atoms with Gasteiger partial charge in [0.05, 0.1) is 11.9 Å². The molecule has 0 atom stereocenters. The van der Waals surface area contributed by atoms with Crippen LogP contribution in [0.15, 0.2) is 42.8 Å². The van der Waals surface area contributed by atoms with Gasteiger partial charge in [0.15, 0.2) is 5.03 Å². The third kappa shape index (κ3) is 2.95. The molecule has 0 radical (unpaired) electrons. The van der Waals surface area contributed by atoms with E-state index in [1.54, 1.807) is 12.1 Å². The molecule has 0 aliphatic carbocycles. The average molecular weight is 460 g/mol. The van der Waals surface area contributed by atoms with Gasteiger partial charge in [0.1, 0.15) is 0 Å². The van der Waals surface area contributed by atoms with Gasteiger partial charge in [-0.3, -0.25) is 9.82 Å². The van der Waals surface area contributed by atoms with Crippen molar-refractivity contribution in [3.63, 3.8) is 0 Å². The van der Waals surface area contributed by atoms with E-state index in [2.05, 4.69) is 62.7 Å². The van der Waals surface area contributed by atoms with Crippen molar-refractivity contribution < 1.29 is 8.42 Å². The summed E-state index contributed by atoms with van der Waals surface area (Å²) in [6, 6.07) is 4.87. The number of hydrogen-bond acceptors (Lipinski definition) is 3. The van der Waals surface area contributed by atoms with E-state index >= 15 is 0 Å². The van der Waals surface area contributed by atoms with Crippen molar-refractivity contribution in [1.82, 2.24) is 10.2 Å². The molecule has 0 bridgehead atoms. The van der Waals surface area contributed by atoms with Crippen molar-refractivity contribution in [1.29, 1.82) is 0 Å². The number of nitrogens with zero attached hydrogens (tertiary/aromatic N) is 1. The normalized spacial score (nSPS) is 11.5. The van der Waals surface area contributed by atoms with Gasteiger partial charge in [0.2, 0.25) is 0 Å². The van der Waals surface area contributed by atoms with Crippen LogP contribution in [-0.4, -0.2) is 18.6 Å². The van der Waals surface area contributed by atoms with Crippen LogP contribution in [0.1, 0.15) is 0 Å². The third-order valence-corrected chi connectivity index (χ3v) is 5.00. The molecule has 0 saturated heterocycles. The number of nitrogens with one attached hydrogen (secondary N) is 2. The van der Waals surface area contributed by atoms with E-state index in [0.717, 1.165) is 4.47 Å². The molecule has 9 heteroatoms. The fourth-order valence-electron chi connectivity index (χ4n) is 1.22. The minimum Gasteiger partial charge on any atom is -0.276 e. The second kappa shape index (κ2) is 5.32. The minimum atomic E-state index is -3.67. The topological polar surface area (TPSA) is 74.8 Å². The number of anilines is 1. The largest absolute Gasteiger partial charge is 0.278 e. The maximum absolute atomic E-state index is 12.0. The van der Waals surface area contributed by atoms with Crippen molar-refractivity contribution in [2.45, 2.75) is 5.03 Å². The maximum atomic E-state index is 12.0. The molecule has 0 spiro atoms. The average Bonchev–Trinajstić information content (AvgIpc) is 2.77. The fourth-order valence-corrected chi connectivity index (χ4v) is 4.95. The Bertz CT molecular complexity index is 647. The lowest BCUT2D eigenvalue weighted by molar-refractivity contribution is 0.597. The van der Waals surface area contributed by atoms with Gasteiger partial charge < -0.3 is 0 Å². The lowest BCUT2D eigenvalue weighted by Gasteiger charge is -2.10. The molecule has 1 aromatic carbocycles. The zero-order valence-corrected chi connectivity index (χ0v) is 14.2. The highest BCUT2D eigenvalue weighted by molar-refractivity contribution is 9.11. The minimum absolute atomic E-state index is 0.00391. The number of benzene rings is 1. The van der Waals surface area contributed by atoms with E-state index in [0.29, 0.717) is 14.6 Å². The molecule has 0 fully saturated rings. The number of halogens is 3. The quantitative estimate of drug-likeness (QED) is 0.737. The Morgan fingerprint density at radius 2 is 1.78 bits per heavy atom. The molecule has 5 nitrogen and oxygen atoms in total. The van der Waals surface area contributed by atoms with Crippen molar-refractivity contribution in [3.8, 4) is 0 Å². The van der Waals surface area contributed by atoms with E-state index < -0.39 is 10.0 Å². The van der Waals surface area contributed by atoms with Crippen LogP contribution in [0.25, 0.3) is 0 Å². The summed E-state index contributed by atoms with van der Waals surface area (Å²) in [5.41, 5.74) is 0.424. The van der Waals surface area contributed by atoms with Gasteiger partial charge >= 0.3 is 0 Å². The van der Waals surface area contributed by atoms with Crippen molar-refractivity contribution in [2.75, 3.05) is 4.72 Å². The molecule has 2 rings (SSSR count). The molecule has 1 aromatic heterocycles. The van der Waals surface area contributed by atoms with Crippen LogP contribution >= 0.6 is 47.8 Å². The molecule has 0 aliphatic rings. The van der Waals surface area contributed by atoms with Crippen LogP contribution in [0.3, 0.4) is 0 Å². The molecule has 2 N–H and O–H groups in total. The van der Waals surface area contributed by atoms with Gasteiger partial charge in [-0.1, -0.05) is 15.9 Å². The second-order valence-electron chi connectivity index (χ2n) is 3.27. The first-order valence-electron chi connectivity index (χ1n) is 4.57. The second-order valence-corrected chi connectivity index (χ2v) is 7.55. The summed E-state index contributed by atoms with van der Waals surface area (Å²) in [6.07, 6.45) is 1.38. The first kappa shape index (κ1) is 14.0. The predicted octanol–water partition coefficient (Wildman–Crippen LogP) is 3.50. The number of hydrogen-bond donors (Lipinski definition) is 2. The number of aromatic nitrogens is 2. The van der Waals surface area contributed by atoms with Crippen molar-refractivity contribution in [2.24, 2.45) is 0 Å². The highest BCUT2D eigenvalue weighted by Gasteiger charge is 2.18. The molecule has 0 amide bonds. The Hall–Kier alpha value is -0.380. The molecular weight excluding hydrogens is 454 g/mol. The zero-order chi connectivity index (χ0) is 13.3. The molecule has 0 unspecified atom stereocenters. The Kier molecular flexibility index (Phi) is 4.15. The van der Waals surface area contributed by atoms with E-state index in [1.165, 1.54) is 12.3 Å². The van der Waals surface area contributed by atoms with Gasteiger partial charge in [-0.2, -0.15) is 13.5 Å². The lowest BCUT2D eigenvalue weighted by Crippen LogP contribution is -2.14. The smallest absolute Gasteiger partial charge is 0.276 e. The highest BCUT2D eigenvalue weighted by atomic mass is 79.9. The Labute approximate surface area is 129 Å². The predicted molar refractivity (Wildman–Crippen MR) is 78.9 cm³/mol. The van der Waals surface area contributed by atoms with Crippen LogP contribution in [-0.2, 0) is 10.0 Å². The van der Waals surface area contributed by atoms with Gasteiger partial charge in [-0.15, -0.1) is 0 Å². The SMILES string of the molecule is O=S(=O)(Nc1c(Br)cc(Br)cc1Br)c1ccn[nH]1. The van der Waals surface area contributed by atoms with Crippen LogP contribution in [0.2, 0.25) is 0 Å². The number of aromatic amines is 1. The third-order valence-electron chi connectivity index (χ3n) is 2.01. The van der Waals surface area contributed by atoms with Crippen molar-refractivity contribution >= 4 is 63.5 Å². The standard InChI is InChI=1S/C9H6Br3N3O2S/c10-5-3-6(11)9(7(12)4-5)15-18(16,17)8-1-2-13-14-8/h1-4,15H,(H,13,14). The first-order chi connectivity index (χ1) is 8.40. The summed E-state index contributed by atoms with van der Waals surface area (Å²) < 4.78 is 28.6. The van der Waals surface area contributed by atoms with E-state index in [-0.39, 0.29) is 5.03 Å². The van der Waals surface area contributed by atoms with E-state index in [4.69, 9.17) is 0 Å². The Morgan fingerprint density at radius 3 is 2.28 bits per heavy atom. The van der Waals surface area contributed by atoms with Gasteiger partial charge in [-0.25, -0.2) is 0 Å². The maximum Gasteiger partial charge on any atom is 0.278 e. The van der Waals surface area contributed by atoms with Crippen LogP contribution in [0.4, 0.5) is 5.69 Å². The molecule has 0 saturated carbocycles. The van der Waals surface area contributed by atoms with Gasteiger partial charge in [-0.05, 0) is 50.1 Å². The van der Waals surface area contributed by atoms with Crippen molar-refractivity contribution in [3.05, 3.63) is 37.8 Å². The van der Waals surface area contributed by atoms with Gasteiger partial charge in [0.25, 0.3) is 10.0 Å². The molecular formula is C9H6Br3N3O2S. The molecule has 2 aromatic rings. The van der Waals surface area contributed by atoms with Crippen LogP contribution in [0, 0.1) is 0 Å². The summed E-state index contributed by atoms with van der Waals surface area (Å²) in [5.74, 6) is 0. The Morgan fingerprint density at radius 1 is 1.17 bits per heavy atom. The molecule has 1 heterocycles. The molecule has 96 valence electrons. The monoisotopic (exact) mass is 457 g/mol. The van der Waals surface area contributed by atoms with E-state index in [1.807, 2.05) is 0 Å². The number of H-pyrrole nitrogens is 1. The fraction of sp³-hybridized carbons (Fsp3) is 0. The lowest BCUT2D eigenvalue weighted by atomic mass is 10.3. The van der Waals surface area contributed by atoms with Crippen LogP contribution in [0.5, 0.6) is 0 Å². The molecule has 0 aliphatic heterocycles. The number of rotatable bonds is 3. The summed E-state index contributed by atoms with van der Waals surface area (Å²) >= 11 is 9.91. The van der Waals surface area contributed by atoms with Crippen LogP contribution < -0.4 is 4.72 Å². The zero-order valence-electron chi connectivity index (χ0n) is 8.62. The van der Waals surface area contributed by atoms with Gasteiger partial charge in [0, 0.05) is 13.4 Å². The Balaban J connectivity index is 2.42. The summed E-state index contributed by atoms with van der Waals surface area (Å²) in [5, 5.41) is 6.03. The number of sulfonamides is 1. The highest BCUT2D eigenvalue weighted by Crippen LogP contribution is 2.35. The first-order valence-corrected chi connectivity index (χ1v) is 8.43. The summed E-state index contributed by atoms with van der Waals surface area (Å²) in [7, 11) is -3.67.